The Balaban J connectivity index is 0.00000363. The van der Waals surface area contributed by atoms with Gasteiger partial charge in [0.05, 0.1) is 18.7 Å². The van der Waals surface area contributed by atoms with E-state index < -0.39 is 0 Å². The molecule has 1 saturated heterocycles. The van der Waals surface area contributed by atoms with Crippen molar-refractivity contribution >= 4 is 41.5 Å². The monoisotopic (exact) mass is 572 g/mol. The van der Waals surface area contributed by atoms with Crippen LogP contribution in [0.2, 0.25) is 5.02 Å². The molecule has 2 aromatic rings. The number of halogens is 2. The summed E-state index contributed by atoms with van der Waals surface area (Å²) in [7, 11) is 3.38. The third kappa shape index (κ3) is 7.71. The summed E-state index contributed by atoms with van der Waals surface area (Å²) in [6.07, 6.45) is 2.65. The quantitative estimate of drug-likeness (QED) is 0.256. The SMILES string of the molecule is CCOc1c(Cl)cc(CNC(=NC)NCc2ccc(CN3CCCC3)cc2)cc1OC.I. The van der Waals surface area contributed by atoms with Gasteiger partial charge in [0.1, 0.15) is 0 Å². The number of likely N-dealkylation sites (tertiary alicyclic amines) is 1. The van der Waals surface area contributed by atoms with Crippen molar-refractivity contribution < 1.29 is 9.47 Å². The van der Waals surface area contributed by atoms with E-state index in [4.69, 9.17) is 21.1 Å². The molecule has 0 aliphatic carbocycles. The predicted octanol–water partition coefficient (Wildman–Crippen LogP) is 4.83. The molecule has 0 saturated carbocycles. The van der Waals surface area contributed by atoms with Crippen molar-refractivity contribution in [3.8, 4) is 11.5 Å². The molecule has 3 rings (SSSR count). The second-order valence-electron chi connectivity index (χ2n) is 7.62. The molecule has 0 aromatic heterocycles. The van der Waals surface area contributed by atoms with Crippen molar-refractivity contribution in [1.82, 2.24) is 15.5 Å². The molecule has 1 aliphatic rings. The highest BCUT2D eigenvalue weighted by Crippen LogP contribution is 2.36. The van der Waals surface area contributed by atoms with Gasteiger partial charge in [-0.1, -0.05) is 35.9 Å². The zero-order valence-electron chi connectivity index (χ0n) is 19.1. The first-order chi connectivity index (χ1) is 15.1. The average Bonchev–Trinajstić information content (AvgIpc) is 3.29. The van der Waals surface area contributed by atoms with E-state index in [1.54, 1.807) is 14.2 Å². The van der Waals surface area contributed by atoms with E-state index in [1.165, 1.54) is 37.1 Å². The lowest BCUT2D eigenvalue weighted by atomic mass is 10.1. The smallest absolute Gasteiger partial charge is 0.191 e. The molecular formula is C24H34ClIN4O2. The van der Waals surface area contributed by atoms with Gasteiger partial charge in [-0.2, -0.15) is 0 Å². The Morgan fingerprint density at radius 1 is 1.03 bits per heavy atom. The molecule has 0 spiro atoms. The Morgan fingerprint density at radius 3 is 2.25 bits per heavy atom. The van der Waals surface area contributed by atoms with Crippen LogP contribution < -0.4 is 20.1 Å². The van der Waals surface area contributed by atoms with Gasteiger partial charge in [0.25, 0.3) is 0 Å². The molecule has 8 heteroatoms. The number of benzene rings is 2. The molecular weight excluding hydrogens is 539 g/mol. The number of guanidine groups is 1. The van der Waals surface area contributed by atoms with Gasteiger partial charge in [0, 0.05) is 26.7 Å². The van der Waals surface area contributed by atoms with Crippen LogP contribution in [0, 0.1) is 0 Å². The number of hydrogen-bond acceptors (Lipinski definition) is 4. The Kier molecular flexibility index (Phi) is 11.4. The van der Waals surface area contributed by atoms with Crippen molar-refractivity contribution in [2.45, 2.75) is 39.4 Å². The summed E-state index contributed by atoms with van der Waals surface area (Å²) in [5.41, 5.74) is 3.58. The molecule has 1 heterocycles. The highest BCUT2D eigenvalue weighted by Gasteiger charge is 2.13. The molecule has 176 valence electrons. The number of hydrogen-bond donors (Lipinski definition) is 2. The second kappa shape index (κ2) is 13.7. The molecule has 0 radical (unpaired) electrons. The molecule has 0 bridgehead atoms. The highest BCUT2D eigenvalue weighted by molar-refractivity contribution is 14.0. The van der Waals surface area contributed by atoms with Gasteiger partial charge in [-0.3, -0.25) is 9.89 Å². The van der Waals surface area contributed by atoms with E-state index in [1.807, 2.05) is 19.1 Å². The third-order valence-corrected chi connectivity index (χ3v) is 5.63. The van der Waals surface area contributed by atoms with Crippen LogP contribution in [0.3, 0.4) is 0 Å². The number of ether oxygens (including phenoxy) is 2. The van der Waals surface area contributed by atoms with Crippen LogP contribution in [0.1, 0.15) is 36.5 Å². The van der Waals surface area contributed by atoms with Crippen molar-refractivity contribution in [3.05, 3.63) is 58.1 Å². The molecule has 1 fully saturated rings. The summed E-state index contributed by atoms with van der Waals surface area (Å²) in [6.45, 7) is 7.21. The fourth-order valence-corrected chi connectivity index (χ4v) is 4.00. The van der Waals surface area contributed by atoms with Crippen molar-refractivity contribution in [1.29, 1.82) is 0 Å². The lowest BCUT2D eigenvalue weighted by Gasteiger charge is -2.16. The molecule has 6 nitrogen and oxygen atoms in total. The van der Waals surface area contributed by atoms with E-state index in [0.29, 0.717) is 36.2 Å². The minimum atomic E-state index is 0. The van der Waals surface area contributed by atoms with Gasteiger partial charge in [0.2, 0.25) is 0 Å². The number of nitrogens with one attached hydrogen (secondary N) is 2. The van der Waals surface area contributed by atoms with E-state index in [0.717, 1.165) is 18.1 Å². The summed E-state index contributed by atoms with van der Waals surface area (Å²) >= 11 is 6.37. The molecule has 2 aromatic carbocycles. The summed E-state index contributed by atoms with van der Waals surface area (Å²) in [5, 5.41) is 7.22. The lowest BCUT2D eigenvalue weighted by molar-refractivity contribution is 0.311. The summed E-state index contributed by atoms with van der Waals surface area (Å²) < 4.78 is 11.0. The summed E-state index contributed by atoms with van der Waals surface area (Å²) in [6, 6.07) is 12.6. The van der Waals surface area contributed by atoms with Crippen molar-refractivity contribution in [3.63, 3.8) is 0 Å². The zero-order valence-corrected chi connectivity index (χ0v) is 22.2. The van der Waals surface area contributed by atoms with Gasteiger partial charge in [-0.25, -0.2) is 0 Å². The lowest BCUT2D eigenvalue weighted by Crippen LogP contribution is -2.36. The maximum Gasteiger partial charge on any atom is 0.191 e. The van der Waals surface area contributed by atoms with Gasteiger partial charge in [-0.15, -0.1) is 24.0 Å². The predicted molar refractivity (Wildman–Crippen MR) is 143 cm³/mol. The van der Waals surface area contributed by atoms with Crippen molar-refractivity contribution in [2.75, 3.05) is 33.9 Å². The van der Waals surface area contributed by atoms with Crippen LogP contribution in [-0.2, 0) is 19.6 Å². The normalized spacial score (nSPS) is 14.1. The van der Waals surface area contributed by atoms with E-state index in [2.05, 4.69) is 44.8 Å². The molecule has 0 unspecified atom stereocenters. The Hall–Kier alpha value is -1.71. The van der Waals surface area contributed by atoms with Gasteiger partial charge in [0.15, 0.2) is 17.5 Å². The molecule has 1 aliphatic heterocycles. The average molecular weight is 573 g/mol. The largest absolute Gasteiger partial charge is 0.493 e. The van der Waals surface area contributed by atoms with Gasteiger partial charge >= 0.3 is 0 Å². The van der Waals surface area contributed by atoms with Crippen LogP contribution in [0.15, 0.2) is 41.4 Å². The molecule has 2 N–H and O–H groups in total. The number of aliphatic imine (C=N–C) groups is 1. The third-order valence-electron chi connectivity index (χ3n) is 5.35. The number of rotatable bonds is 9. The van der Waals surface area contributed by atoms with Crippen LogP contribution in [-0.4, -0.2) is 44.7 Å². The minimum Gasteiger partial charge on any atom is -0.493 e. The fraction of sp³-hybridized carbons (Fsp3) is 0.458. The summed E-state index contributed by atoms with van der Waals surface area (Å²) in [5.74, 6) is 1.93. The van der Waals surface area contributed by atoms with Gasteiger partial charge in [-0.05, 0) is 61.7 Å². The van der Waals surface area contributed by atoms with Crippen molar-refractivity contribution in [2.24, 2.45) is 4.99 Å². The zero-order chi connectivity index (χ0) is 22.1. The fourth-order valence-electron chi connectivity index (χ4n) is 3.71. The van der Waals surface area contributed by atoms with Gasteiger partial charge < -0.3 is 20.1 Å². The number of nitrogens with zero attached hydrogens (tertiary/aromatic N) is 2. The van der Waals surface area contributed by atoms with E-state index in [-0.39, 0.29) is 24.0 Å². The standard InChI is InChI=1S/C24H33ClN4O2.HI/c1-4-31-23-21(25)13-20(14-22(23)30-3)16-28-24(26-2)27-15-18-7-9-19(10-8-18)17-29-11-5-6-12-29;/h7-10,13-14H,4-6,11-12,15-17H2,1-3H3,(H2,26,27,28);1H. The number of methoxy groups -OCH3 is 1. The summed E-state index contributed by atoms with van der Waals surface area (Å²) in [4.78, 5) is 6.83. The molecule has 0 atom stereocenters. The molecule has 0 amide bonds. The molecule has 32 heavy (non-hydrogen) atoms. The first kappa shape index (κ1) is 26.5. The Morgan fingerprint density at radius 2 is 1.66 bits per heavy atom. The second-order valence-corrected chi connectivity index (χ2v) is 8.03. The van der Waals surface area contributed by atoms with Crippen LogP contribution in [0.4, 0.5) is 0 Å². The van der Waals surface area contributed by atoms with E-state index in [9.17, 15) is 0 Å². The van der Waals surface area contributed by atoms with Crippen LogP contribution >= 0.6 is 35.6 Å². The van der Waals surface area contributed by atoms with E-state index >= 15 is 0 Å². The van der Waals surface area contributed by atoms with Crippen LogP contribution in [0.25, 0.3) is 0 Å². The first-order valence-corrected chi connectivity index (χ1v) is 11.2. The van der Waals surface area contributed by atoms with Crippen LogP contribution in [0.5, 0.6) is 11.5 Å². The maximum atomic E-state index is 6.37. The maximum absolute atomic E-state index is 6.37. The first-order valence-electron chi connectivity index (χ1n) is 10.9. The highest BCUT2D eigenvalue weighted by atomic mass is 127. The Bertz CT molecular complexity index is 871. The minimum absolute atomic E-state index is 0. The topological polar surface area (TPSA) is 58.1 Å². The Labute approximate surface area is 213 Å².